The zero-order valence-corrected chi connectivity index (χ0v) is 10.00. The Labute approximate surface area is 104 Å². The first kappa shape index (κ1) is 16.5. The van der Waals surface area contributed by atoms with Gasteiger partial charge in [-0.05, 0) is 6.92 Å². The molecule has 0 aliphatic heterocycles. The summed E-state index contributed by atoms with van der Waals surface area (Å²) in [6.07, 6.45) is -2.08. The van der Waals surface area contributed by atoms with Gasteiger partial charge >= 0.3 is 11.9 Å². The molecule has 0 aliphatic carbocycles. The highest BCUT2D eigenvalue weighted by Crippen LogP contribution is 2.18. The molecule has 0 radical (unpaired) electrons. The lowest BCUT2D eigenvalue weighted by Crippen LogP contribution is -2.45. The smallest absolute Gasteiger partial charge is 0.336 e. The van der Waals surface area contributed by atoms with Crippen LogP contribution in [0.5, 0.6) is 0 Å². The molecule has 0 aliphatic rings. The van der Waals surface area contributed by atoms with Gasteiger partial charge in [0.1, 0.15) is 5.78 Å². The number of ketones is 1. The summed E-state index contributed by atoms with van der Waals surface area (Å²) < 4.78 is 0. The van der Waals surface area contributed by atoms with E-state index in [4.69, 9.17) is 21.7 Å². The Kier molecular flexibility index (Phi) is 5.89. The molecule has 0 amide bonds. The summed E-state index contributed by atoms with van der Waals surface area (Å²) in [6, 6.07) is -1.13. The zero-order valence-electron chi connectivity index (χ0n) is 10.00. The highest BCUT2D eigenvalue weighted by Gasteiger charge is 2.40. The van der Waals surface area contributed by atoms with Crippen molar-refractivity contribution in [2.75, 3.05) is 0 Å². The Balaban J connectivity index is 4.65. The van der Waals surface area contributed by atoms with Crippen LogP contribution in [0.25, 0.3) is 0 Å². The van der Waals surface area contributed by atoms with Gasteiger partial charge in [0, 0.05) is 24.9 Å². The summed E-state index contributed by atoms with van der Waals surface area (Å²) in [5, 5.41) is 26.9. The average molecular weight is 262 g/mol. The largest absolute Gasteiger partial charge is 0.481 e. The van der Waals surface area contributed by atoms with E-state index in [9.17, 15) is 19.5 Å². The molecule has 8 heteroatoms. The molecule has 0 spiro atoms. The Bertz CT molecular complexity index is 343. The van der Waals surface area contributed by atoms with E-state index in [1.165, 1.54) is 0 Å². The quantitative estimate of drug-likeness (QED) is 0.345. The van der Waals surface area contributed by atoms with E-state index >= 15 is 0 Å². The van der Waals surface area contributed by atoms with Gasteiger partial charge in [-0.15, -0.1) is 0 Å². The monoisotopic (exact) mass is 262 g/mol. The summed E-state index contributed by atoms with van der Waals surface area (Å²) >= 11 is 0. The molecule has 3 atom stereocenters. The van der Waals surface area contributed by atoms with Crippen molar-refractivity contribution in [3.8, 4) is 0 Å². The van der Waals surface area contributed by atoms with Gasteiger partial charge in [0.15, 0.2) is 5.60 Å². The van der Waals surface area contributed by atoms with Crippen LogP contribution in [-0.2, 0) is 14.4 Å². The molecular formula is C10H18N2O6. The summed E-state index contributed by atoms with van der Waals surface area (Å²) in [6.45, 7) is 1.58. The Morgan fingerprint density at radius 1 is 1.17 bits per heavy atom. The third kappa shape index (κ3) is 5.21. The van der Waals surface area contributed by atoms with Crippen molar-refractivity contribution in [3.63, 3.8) is 0 Å². The van der Waals surface area contributed by atoms with Crippen molar-refractivity contribution in [1.29, 1.82) is 0 Å². The molecule has 0 aromatic carbocycles. The first-order valence-electron chi connectivity index (χ1n) is 5.29. The summed E-state index contributed by atoms with van der Waals surface area (Å²) in [5.41, 5.74) is 8.35. The Morgan fingerprint density at radius 2 is 1.67 bits per heavy atom. The molecule has 3 unspecified atom stereocenters. The van der Waals surface area contributed by atoms with Gasteiger partial charge in [0.25, 0.3) is 0 Å². The number of carboxylic acid groups (broad SMARTS) is 2. The highest BCUT2D eigenvalue weighted by atomic mass is 16.4. The number of hydrogen-bond acceptors (Lipinski definition) is 6. The van der Waals surface area contributed by atoms with Crippen molar-refractivity contribution in [2.24, 2.45) is 11.5 Å². The van der Waals surface area contributed by atoms with Crippen LogP contribution < -0.4 is 11.5 Å². The van der Waals surface area contributed by atoms with E-state index in [2.05, 4.69) is 0 Å². The highest BCUT2D eigenvalue weighted by molar-refractivity contribution is 5.91. The van der Waals surface area contributed by atoms with Crippen molar-refractivity contribution >= 4 is 17.7 Å². The Hall–Kier alpha value is -1.51. The van der Waals surface area contributed by atoms with Gasteiger partial charge in [-0.1, -0.05) is 0 Å². The van der Waals surface area contributed by atoms with Crippen LogP contribution in [0.4, 0.5) is 0 Å². The summed E-state index contributed by atoms with van der Waals surface area (Å²) in [7, 11) is 0. The lowest BCUT2D eigenvalue weighted by atomic mass is 9.90. The van der Waals surface area contributed by atoms with Crippen molar-refractivity contribution in [1.82, 2.24) is 0 Å². The molecule has 0 heterocycles. The standard InChI is InChI=1S/C10H18N2O6/c1-5(11)7(12)2-6(13)3-10(18,9(16)17)4-8(14)15/h5,7,18H,2-4,11-12H2,1H3,(H,14,15)(H,16,17). The molecule has 0 bridgehead atoms. The number of nitrogens with two attached hydrogens (primary N) is 2. The molecular weight excluding hydrogens is 244 g/mol. The number of hydrogen-bond donors (Lipinski definition) is 5. The van der Waals surface area contributed by atoms with E-state index in [1.54, 1.807) is 6.92 Å². The number of carboxylic acids is 2. The minimum absolute atomic E-state index is 0.215. The number of Topliss-reactive ketones (excluding diaryl/α,β-unsaturated/α-hetero) is 1. The number of carbonyl (C=O) groups is 3. The van der Waals surface area contributed by atoms with Gasteiger partial charge in [-0.25, -0.2) is 4.79 Å². The minimum Gasteiger partial charge on any atom is -0.481 e. The molecule has 0 saturated heterocycles. The van der Waals surface area contributed by atoms with Gasteiger partial charge in [0.05, 0.1) is 6.42 Å². The molecule has 0 fully saturated rings. The van der Waals surface area contributed by atoms with Crippen LogP contribution in [-0.4, -0.2) is 50.7 Å². The third-order valence-electron chi connectivity index (χ3n) is 2.47. The van der Waals surface area contributed by atoms with E-state index in [0.29, 0.717) is 0 Å². The lowest BCUT2D eigenvalue weighted by Gasteiger charge is -2.22. The average Bonchev–Trinajstić information content (AvgIpc) is 2.14. The molecule has 0 aromatic heterocycles. The molecule has 7 N–H and O–H groups in total. The maximum absolute atomic E-state index is 11.5. The van der Waals surface area contributed by atoms with Crippen molar-refractivity contribution in [2.45, 2.75) is 43.9 Å². The van der Waals surface area contributed by atoms with Crippen LogP contribution in [0.1, 0.15) is 26.2 Å². The van der Waals surface area contributed by atoms with Crippen LogP contribution in [0.2, 0.25) is 0 Å². The SMILES string of the molecule is CC(N)C(N)CC(=O)CC(O)(CC(=O)O)C(=O)O. The zero-order chi connectivity index (χ0) is 14.5. The fourth-order valence-electron chi connectivity index (χ4n) is 1.31. The van der Waals surface area contributed by atoms with E-state index in [1.807, 2.05) is 0 Å². The molecule has 0 saturated carbocycles. The maximum Gasteiger partial charge on any atom is 0.336 e. The van der Waals surface area contributed by atoms with Crippen molar-refractivity contribution < 1.29 is 29.7 Å². The first-order chi connectivity index (χ1) is 8.08. The van der Waals surface area contributed by atoms with Crippen LogP contribution in [0, 0.1) is 0 Å². The summed E-state index contributed by atoms with van der Waals surface area (Å²) in [4.78, 5) is 32.8. The predicted octanol–water partition coefficient (Wildman–Crippen LogP) is -1.70. The van der Waals surface area contributed by atoms with Crippen molar-refractivity contribution in [3.05, 3.63) is 0 Å². The number of aliphatic carboxylic acids is 2. The Morgan fingerprint density at radius 3 is 2.00 bits per heavy atom. The normalized spacial score (nSPS) is 17.6. The topological polar surface area (TPSA) is 164 Å². The van der Waals surface area contributed by atoms with Crippen LogP contribution in [0.15, 0.2) is 0 Å². The number of carbonyl (C=O) groups excluding carboxylic acids is 1. The minimum atomic E-state index is -2.61. The molecule has 18 heavy (non-hydrogen) atoms. The third-order valence-corrected chi connectivity index (χ3v) is 2.47. The molecule has 0 rings (SSSR count). The maximum atomic E-state index is 11.5. The lowest BCUT2D eigenvalue weighted by molar-refractivity contribution is -0.167. The van der Waals surface area contributed by atoms with Crippen LogP contribution >= 0.6 is 0 Å². The van der Waals surface area contributed by atoms with E-state index in [-0.39, 0.29) is 6.42 Å². The molecule has 0 aromatic rings. The van der Waals surface area contributed by atoms with E-state index in [0.717, 1.165) is 0 Å². The first-order valence-corrected chi connectivity index (χ1v) is 5.29. The second kappa shape index (κ2) is 6.43. The number of aliphatic hydroxyl groups is 1. The fourth-order valence-corrected chi connectivity index (χ4v) is 1.31. The van der Waals surface area contributed by atoms with Gasteiger partial charge in [-0.2, -0.15) is 0 Å². The van der Waals surface area contributed by atoms with Gasteiger partial charge < -0.3 is 26.8 Å². The summed E-state index contributed by atoms with van der Waals surface area (Å²) in [5.74, 6) is -3.91. The predicted molar refractivity (Wildman–Crippen MR) is 60.7 cm³/mol. The molecule has 104 valence electrons. The van der Waals surface area contributed by atoms with Crippen LogP contribution in [0.3, 0.4) is 0 Å². The fraction of sp³-hybridized carbons (Fsp3) is 0.700. The van der Waals surface area contributed by atoms with E-state index < -0.39 is 48.2 Å². The number of rotatable bonds is 8. The second-order valence-corrected chi connectivity index (χ2v) is 4.35. The second-order valence-electron chi connectivity index (χ2n) is 4.35. The van der Waals surface area contributed by atoms with Gasteiger partial charge in [0.2, 0.25) is 0 Å². The molecule has 8 nitrogen and oxygen atoms in total. The van der Waals surface area contributed by atoms with Gasteiger partial charge in [-0.3, -0.25) is 9.59 Å².